The van der Waals surface area contributed by atoms with E-state index in [1.807, 2.05) is 17.0 Å². The second-order valence-corrected chi connectivity index (χ2v) is 11.0. The molecule has 1 amide bonds. The van der Waals surface area contributed by atoms with Crippen molar-refractivity contribution in [1.82, 2.24) is 25.0 Å². The third-order valence-electron chi connectivity index (χ3n) is 8.42. The largest absolute Gasteiger partial charge is 0.385 e. The second-order valence-electron chi connectivity index (χ2n) is 11.0. The Bertz CT molecular complexity index is 972. The molecule has 0 saturated carbocycles. The molecule has 1 saturated heterocycles. The van der Waals surface area contributed by atoms with Gasteiger partial charge in [-0.25, -0.2) is 0 Å². The topological polar surface area (TPSA) is 78.3 Å². The van der Waals surface area contributed by atoms with Crippen LogP contribution in [0, 0.1) is 17.2 Å². The summed E-state index contributed by atoms with van der Waals surface area (Å²) in [5, 5.41) is 19.6. The zero-order valence-electron chi connectivity index (χ0n) is 21.6. The molecule has 4 heterocycles. The first-order valence-electron chi connectivity index (χ1n) is 13.3. The Balaban J connectivity index is 1.36. The Labute approximate surface area is 209 Å². The van der Waals surface area contributed by atoms with Crippen LogP contribution in [0.25, 0.3) is 0 Å². The number of hydrogen-bond acceptors (Lipinski definition) is 6. The van der Waals surface area contributed by atoms with E-state index in [0.717, 1.165) is 76.8 Å². The van der Waals surface area contributed by atoms with Crippen LogP contribution in [-0.2, 0) is 4.79 Å². The predicted octanol–water partition coefficient (Wildman–Crippen LogP) is 2.63. The first kappa shape index (κ1) is 24.1. The molecular weight excluding hydrogens is 438 g/mol. The van der Waals surface area contributed by atoms with Gasteiger partial charge in [-0.05, 0) is 69.8 Å². The quantitative estimate of drug-likeness (QED) is 0.479. The Kier molecular flexibility index (Phi) is 7.00. The highest BCUT2D eigenvalue weighted by Crippen LogP contribution is 2.37. The lowest BCUT2D eigenvalue weighted by molar-refractivity contribution is -0.128. The number of carbonyl (C=O) groups is 1. The molecule has 0 bridgehead atoms. The second kappa shape index (κ2) is 10.2. The standard InChI is InChI=1S/C27H41N7O/c1-19(35)33-14-10-25(30-23-8-12-31(2)13-9-23)24(18-33)27(28)34-11-4-5-21-15-20(6-7-26(21)34)22-16-29-32(3)17-22/h6-7,16,20,22-23,28,30H,4-5,8-15,17-18H2,1-3H3. The van der Waals surface area contributed by atoms with Gasteiger partial charge in [0, 0.05) is 75.2 Å². The van der Waals surface area contributed by atoms with Crippen LogP contribution in [0.15, 0.2) is 39.8 Å². The van der Waals surface area contributed by atoms with Gasteiger partial charge in [-0.1, -0.05) is 6.08 Å². The third kappa shape index (κ3) is 5.17. The number of likely N-dealkylation sites (tertiary alicyclic amines) is 1. The Morgan fingerprint density at radius 1 is 1.11 bits per heavy atom. The van der Waals surface area contributed by atoms with Crippen LogP contribution in [0.2, 0.25) is 0 Å². The molecule has 35 heavy (non-hydrogen) atoms. The van der Waals surface area contributed by atoms with Gasteiger partial charge in [0.05, 0.1) is 6.54 Å². The van der Waals surface area contributed by atoms with E-state index in [0.29, 0.717) is 30.3 Å². The molecule has 2 unspecified atom stereocenters. The molecule has 0 aromatic rings. The zero-order valence-corrected chi connectivity index (χ0v) is 21.6. The summed E-state index contributed by atoms with van der Waals surface area (Å²) >= 11 is 0. The third-order valence-corrected chi connectivity index (χ3v) is 8.42. The molecule has 0 radical (unpaired) electrons. The summed E-state index contributed by atoms with van der Waals surface area (Å²) in [7, 11) is 4.22. The summed E-state index contributed by atoms with van der Waals surface area (Å²) < 4.78 is 0. The van der Waals surface area contributed by atoms with Crippen molar-refractivity contribution >= 4 is 18.0 Å². The highest BCUT2D eigenvalue weighted by atomic mass is 16.2. The number of nitrogens with one attached hydrogen (secondary N) is 2. The maximum Gasteiger partial charge on any atom is 0.219 e. The zero-order chi connectivity index (χ0) is 24.5. The fourth-order valence-electron chi connectivity index (χ4n) is 6.21. The van der Waals surface area contributed by atoms with E-state index >= 15 is 0 Å². The molecule has 5 rings (SSSR count). The molecule has 2 atom stereocenters. The predicted molar refractivity (Wildman–Crippen MR) is 140 cm³/mol. The van der Waals surface area contributed by atoms with Gasteiger partial charge in [0.1, 0.15) is 5.84 Å². The van der Waals surface area contributed by atoms with Crippen LogP contribution in [0.5, 0.6) is 0 Å². The van der Waals surface area contributed by atoms with E-state index in [9.17, 15) is 10.2 Å². The molecule has 2 N–H and O–H groups in total. The van der Waals surface area contributed by atoms with Crippen LogP contribution >= 0.6 is 0 Å². The first-order valence-corrected chi connectivity index (χ1v) is 13.3. The lowest BCUT2D eigenvalue weighted by atomic mass is 9.80. The maximum atomic E-state index is 12.2. The van der Waals surface area contributed by atoms with Crippen molar-refractivity contribution in [3.8, 4) is 0 Å². The van der Waals surface area contributed by atoms with Crippen molar-refractivity contribution in [3.05, 3.63) is 34.7 Å². The number of piperidine rings is 1. The van der Waals surface area contributed by atoms with Gasteiger partial charge in [0.2, 0.25) is 5.91 Å². The minimum atomic E-state index is 0.0933. The van der Waals surface area contributed by atoms with Crippen molar-refractivity contribution in [2.75, 3.05) is 53.4 Å². The number of hydrazone groups is 1. The number of nitrogens with zero attached hydrogens (tertiary/aromatic N) is 5. The lowest BCUT2D eigenvalue weighted by Crippen LogP contribution is -2.47. The van der Waals surface area contributed by atoms with Gasteiger partial charge in [-0.2, -0.15) is 5.10 Å². The average Bonchev–Trinajstić information content (AvgIpc) is 3.30. The minimum absolute atomic E-state index is 0.0933. The number of hydrogen-bond donors (Lipinski definition) is 2. The summed E-state index contributed by atoms with van der Waals surface area (Å²) in [5.41, 5.74) is 4.87. The first-order chi connectivity index (χ1) is 16.9. The summed E-state index contributed by atoms with van der Waals surface area (Å²) in [5.74, 6) is 1.62. The molecule has 0 aromatic heterocycles. The molecule has 190 valence electrons. The smallest absolute Gasteiger partial charge is 0.219 e. The molecule has 0 spiro atoms. The van der Waals surface area contributed by atoms with Crippen molar-refractivity contribution < 1.29 is 4.79 Å². The molecule has 5 aliphatic rings. The summed E-state index contributed by atoms with van der Waals surface area (Å²) in [6.45, 7) is 6.96. The fourth-order valence-corrected chi connectivity index (χ4v) is 6.21. The van der Waals surface area contributed by atoms with E-state index in [2.05, 4.69) is 45.6 Å². The number of amidine groups is 1. The molecule has 1 fully saturated rings. The fraction of sp³-hybridized carbons (Fsp3) is 0.667. The summed E-state index contributed by atoms with van der Waals surface area (Å²) in [4.78, 5) is 18.7. The Morgan fingerprint density at radius 3 is 2.63 bits per heavy atom. The van der Waals surface area contributed by atoms with E-state index in [4.69, 9.17) is 0 Å². The summed E-state index contributed by atoms with van der Waals surface area (Å²) in [6.07, 6.45) is 13.0. The van der Waals surface area contributed by atoms with Crippen LogP contribution < -0.4 is 5.32 Å². The summed E-state index contributed by atoms with van der Waals surface area (Å²) in [6, 6.07) is 0.450. The highest BCUT2D eigenvalue weighted by molar-refractivity contribution is 5.99. The van der Waals surface area contributed by atoms with E-state index in [1.165, 1.54) is 17.0 Å². The van der Waals surface area contributed by atoms with E-state index in [1.54, 1.807) is 6.92 Å². The van der Waals surface area contributed by atoms with Gasteiger partial charge in [-0.15, -0.1) is 0 Å². The maximum absolute atomic E-state index is 12.2. The van der Waals surface area contributed by atoms with Crippen molar-refractivity contribution in [3.63, 3.8) is 0 Å². The average molecular weight is 480 g/mol. The SMILES string of the molecule is CC(=O)N1CCC(NC2CCN(C)CC2)=C(C(=N)N2CCCC3=C2C=CC(C2C=NN(C)C2)C3)C1. The molecule has 8 nitrogen and oxygen atoms in total. The highest BCUT2D eigenvalue weighted by Gasteiger charge is 2.33. The molecule has 4 aliphatic heterocycles. The monoisotopic (exact) mass is 479 g/mol. The van der Waals surface area contributed by atoms with Crippen molar-refractivity contribution in [2.24, 2.45) is 16.9 Å². The minimum Gasteiger partial charge on any atom is -0.385 e. The van der Waals surface area contributed by atoms with Gasteiger partial charge in [0.15, 0.2) is 0 Å². The van der Waals surface area contributed by atoms with E-state index < -0.39 is 0 Å². The van der Waals surface area contributed by atoms with Crippen molar-refractivity contribution in [2.45, 2.75) is 51.5 Å². The van der Waals surface area contributed by atoms with Crippen molar-refractivity contribution in [1.29, 1.82) is 5.41 Å². The van der Waals surface area contributed by atoms with Crippen LogP contribution in [0.1, 0.15) is 45.4 Å². The normalized spacial score (nSPS) is 28.1. The van der Waals surface area contributed by atoms with Gasteiger partial charge >= 0.3 is 0 Å². The number of carbonyl (C=O) groups excluding carboxylic acids is 1. The van der Waals surface area contributed by atoms with Crippen LogP contribution in [-0.4, -0.2) is 97.1 Å². The number of allylic oxidation sites excluding steroid dienone is 3. The van der Waals surface area contributed by atoms with Crippen LogP contribution in [0.4, 0.5) is 0 Å². The molecule has 8 heteroatoms. The molecular formula is C27H41N7O. The number of rotatable bonds is 4. The van der Waals surface area contributed by atoms with Gasteiger partial charge in [0.25, 0.3) is 0 Å². The van der Waals surface area contributed by atoms with Gasteiger partial charge in [-0.3, -0.25) is 15.2 Å². The molecule has 0 aromatic carbocycles. The lowest BCUT2D eigenvalue weighted by Gasteiger charge is -2.40. The van der Waals surface area contributed by atoms with Gasteiger partial charge < -0.3 is 20.0 Å². The molecule has 1 aliphatic carbocycles. The Morgan fingerprint density at radius 2 is 1.91 bits per heavy atom. The van der Waals surface area contributed by atoms with E-state index in [-0.39, 0.29) is 5.91 Å². The number of amides is 1. The Hall–Kier alpha value is -2.61. The van der Waals surface area contributed by atoms with Crippen LogP contribution in [0.3, 0.4) is 0 Å².